The normalized spacial score (nSPS) is 14.3. The highest BCUT2D eigenvalue weighted by Crippen LogP contribution is 2.32. The van der Waals surface area contributed by atoms with Crippen molar-refractivity contribution < 1.29 is 0 Å². The van der Waals surface area contributed by atoms with E-state index in [1.54, 1.807) is 0 Å². The molecule has 1 rings (SSSR count). The topological polar surface area (TPSA) is 29.9 Å². The number of hydrogen-bond donors (Lipinski definition) is 1. The maximum atomic E-state index is 4.49. The van der Waals surface area contributed by atoms with Gasteiger partial charge in [0.2, 0.25) is 0 Å². The molecule has 0 aromatic carbocycles. The van der Waals surface area contributed by atoms with Crippen molar-refractivity contribution in [2.45, 2.75) is 47.2 Å². The van der Waals surface area contributed by atoms with Gasteiger partial charge in [0.15, 0.2) is 0 Å². The van der Waals surface area contributed by atoms with Crippen LogP contribution < -0.4 is 5.32 Å². The van der Waals surface area contributed by atoms with Gasteiger partial charge in [-0.1, -0.05) is 20.8 Å². The Morgan fingerprint density at radius 1 is 1.47 bits per heavy atom. The molecule has 0 aliphatic heterocycles. The molecule has 0 bridgehead atoms. The molecule has 1 unspecified atom stereocenters. The Hall–Kier alpha value is -0.830. The third-order valence-corrected chi connectivity index (χ3v) is 2.68. The zero-order valence-electron chi connectivity index (χ0n) is 10.8. The molecule has 1 N–H and O–H groups in total. The minimum Gasteiger partial charge on any atom is -0.311 e. The molecule has 1 atom stereocenters. The van der Waals surface area contributed by atoms with Crippen molar-refractivity contribution in [2.24, 2.45) is 5.41 Å². The fourth-order valence-electron chi connectivity index (χ4n) is 2.08. The zero-order valence-corrected chi connectivity index (χ0v) is 10.8. The molecule has 0 saturated carbocycles. The van der Waals surface area contributed by atoms with E-state index in [4.69, 9.17) is 0 Å². The maximum absolute atomic E-state index is 4.49. The first-order valence-corrected chi connectivity index (χ1v) is 5.61. The number of aromatic nitrogens is 2. The van der Waals surface area contributed by atoms with E-state index >= 15 is 0 Å². The molecule has 15 heavy (non-hydrogen) atoms. The van der Waals surface area contributed by atoms with Crippen LogP contribution in [0, 0.1) is 12.3 Å². The Bertz CT molecular complexity index is 320. The Labute approximate surface area is 92.9 Å². The number of hydrogen-bond acceptors (Lipinski definition) is 2. The van der Waals surface area contributed by atoms with Gasteiger partial charge in [0.1, 0.15) is 0 Å². The summed E-state index contributed by atoms with van der Waals surface area (Å²) in [5, 5.41) is 7.87. The summed E-state index contributed by atoms with van der Waals surface area (Å²) >= 11 is 0. The van der Waals surface area contributed by atoms with Crippen LogP contribution in [-0.4, -0.2) is 16.8 Å². The van der Waals surface area contributed by atoms with E-state index < -0.39 is 0 Å². The van der Waals surface area contributed by atoms with Gasteiger partial charge >= 0.3 is 0 Å². The lowest BCUT2D eigenvalue weighted by Crippen LogP contribution is -2.31. The van der Waals surface area contributed by atoms with Crippen molar-refractivity contribution >= 4 is 0 Å². The van der Waals surface area contributed by atoms with Gasteiger partial charge in [0, 0.05) is 6.54 Å². The first kappa shape index (κ1) is 12.2. The SMILES string of the molecule is CCn1nc(C)cc1C(NC)C(C)(C)C. The van der Waals surface area contributed by atoms with Crippen LogP contribution in [-0.2, 0) is 6.54 Å². The highest BCUT2D eigenvalue weighted by Gasteiger charge is 2.27. The van der Waals surface area contributed by atoms with E-state index in [1.165, 1.54) is 5.69 Å². The molecule has 0 spiro atoms. The largest absolute Gasteiger partial charge is 0.311 e. The van der Waals surface area contributed by atoms with Crippen LogP contribution in [0.2, 0.25) is 0 Å². The number of nitrogens with zero attached hydrogens (tertiary/aromatic N) is 2. The summed E-state index contributed by atoms with van der Waals surface area (Å²) in [5.41, 5.74) is 2.58. The van der Waals surface area contributed by atoms with Gasteiger partial charge in [-0.3, -0.25) is 4.68 Å². The molecule has 86 valence electrons. The molecule has 0 fully saturated rings. The fourth-order valence-corrected chi connectivity index (χ4v) is 2.08. The molecular formula is C12H23N3. The molecule has 3 heteroatoms. The molecular weight excluding hydrogens is 186 g/mol. The van der Waals surface area contributed by atoms with Crippen molar-refractivity contribution in [3.8, 4) is 0 Å². The number of aryl methyl sites for hydroxylation is 2. The van der Waals surface area contributed by atoms with Gasteiger partial charge in [-0.25, -0.2) is 0 Å². The number of rotatable bonds is 3. The Morgan fingerprint density at radius 2 is 2.07 bits per heavy atom. The predicted octanol–water partition coefficient (Wildman–Crippen LogP) is 2.52. The van der Waals surface area contributed by atoms with Crippen LogP contribution in [0.25, 0.3) is 0 Å². The second-order valence-corrected chi connectivity index (χ2v) is 5.11. The van der Waals surface area contributed by atoms with Gasteiger partial charge in [0.25, 0.3) is 0 Å². The molecule has 1 aromatic heterocycles. The average Bonchev–Trinajstić information content (AvgIpc) is 2.45. The van der Waals surface area contributed by atoms with Gasteiger partial charge < -0.3 is 5.32 Å². The molecule has 0 aliphatic rings. The van der Waals surface area contributed by atoms with Crippen LogP contribution in [0.1, 0.15) is 45.1 Å². The highest BCUT2D eigenvalue weighted by atomic mass is 15.3. The summed E-state index contributed by atoms with van der Waals surface area (Å²) in [7, 11) is 2.01. The van der Waals surface area contributed by atoms with Crippen LogP contribution >= 0.6 is 0 Å². The second-order valence-electron chi connectivity index (χ2n) is 5.11. The summed E-state index contributed by atoms with van der Waals surface area (Å²) in [6.45, 7) is 11.8. The third kappa shape index (κ3) is 2.59. The molecule has 0 radical (unpaired) electrons. The Morgan fingerprint density at radius 3 is 2.47 bits per heavy atom. The molecule has 1 heterocycles. The lowest BCUT2D eigenvalue weighted by Gasteiger charge is -2.30. The highest BCUT2D eigenvalue weighted by molar-refractivity contribution is 5.15. The lowest BCUT2D eigenvalue weighted by atomic mass is 9.84. The van der Waals surface area contributed by atoms with Crippen LogP contribution in [0.4, 0.5) is 0 Å². The summed E-state index contributed by atoms with van der Waals surface area (Å²) in [6.07, 6.45) is 0. The monoisotopic (exact) mass is 209 g/mol. The van der Waals surface area contributed by atoms with Gasteiger partial charge in [0.05, 0.1) is 17.4 Å². The molecule has 3 nitrogen and oxygen atoms in total. The zero-order chi connectivity index (χ0) is 11.6. The summed E-state index contributed by atoms with van der Waals surface area (Å²) in [4.78, 5) is 0. The molecule has 0 amide bonds. The molecule has 0 saturated heterocycles. The summed E-state index contributed by atoms with van der Waals surface area (Å²) in [5.74, 6) is 0. The van der Waals surface area contributed by atoms with Crippen molar-refractivity contribution in [3.63, 3.8) is 0 Å². The van der Waals surface area contributed by atoms with Gasteiger partial charge in [-0.2, -0.15) is 5.10 Å². The third-order valence-electron chi connectivity index (χ3n) is 2.68. The average molecular weight is 209 g/mol. The van der Waals surface area contributed by atoms with Crippen LogP contribution in [0.5, 0.6) is 0 Å². The van der Waals surface area contributed by atoms with Crippen molar-refractivity contribution in [1.29, 1.82) is 0 Å². The fraction of sp³-hybridized carbons (Fsp3) is 0.750. The first-order chi connectivity index (χ1) is 6.90. The second kappa shape index (κ2) is 4.35. The van der Waals surface area contributed by atoms with Crippen LogP contribution in [0.15, 0.2) is 6.07 Å². The van der Waals surface area contributed by atoms with E-state index in [-0.39, 0.29) is 5.41 Å². The van der Waals surface area contributed by atoms with Gasteiger partial charge in [-0.15, -0.1) is 0 Å². The molecule has 1 aromatic rings. The quantitative estimate of drug-likeness (QED) is 0.829. The van der Waals surface area contributed by atoms with E-state index in [0.717, 1.165) is 12.2 Å². The lowest BCUT2D eigenvalue weighted by molar-refractivity contribution is 0.272. The van der Waals surface area contributed by atoms with E-state index in [9.17, 15) is 0 Å². The minimum absolute atomic E-state index is 0.203. The van der Waals surface area contributed by atoms with Crippen LogP contribution in [0.3, 0.4) is 0 Å². The standard InChI is InChI=1S/C12H23N3/c1-7-15-10(8-9(2)14-15)11(13-6)12(3,4)5/h8,11,13H,7H2,1-6H3. The van der Waals surface area contributed by atoms with Crippen molar-refractivity contribution in [1.82, 2.24) is 15.1 Å². The van der Waals surface area contributed by atoms with Crippen molar-refractivity contribution in [2.75, 3.05) is 7.05 Å². The van der Waals surface area contributed by atoms with Gasteiger partial charge in [-0.05, 0) is 32.4 Å². The molecule has 0 aliphatic carbocycles. The maximum Gasteiger partial charge on any atom is 0.0597 e. The first-order valence-electron chi connectivity index (χ1n) is 5.61. The minimum atomic E-state index is 0.203. The predicted molar refractivity (Wildman–Crippen MR) is 63.9 cm³/mol. The smallest absolute Gasteiger partial charge is 0.0597 e. The van der Waals surface area contributed by atoms with E-state index in [1.807, 2.05) is 14.0 Å². The summed E-state index contributed by atoms with van der Waals surface area (Å²) in [6, 6.07) is 2.52. The van der Waals surface area contributed by atoms with Crippen molar-refractivity contribution in [3.05, 3.63) is 17.5 Å². The Balaban J connectivity index is 3.11. The Kier molecular flexibility index (Phi) is 3.55. The van der Waals surface area contributed by atoms with E-state index in [2.05, 4.69) is 48.9 Å². The van der Waals surface area contributed by atoms with E-state index in [0.29, 0.717) is 6.04 Å². The summed E-state index contributed by atoms with van der Waals surface area (Å²) < 4.78 is 2.09. The number of nitrogens with one attached hydrogen (secondary N) is 1.